The topological polar surface area (TPSA) is 59.1 Å². The summed E-state index contributed by atoms with van der Waals surface area (Å²) in [6.07, 6.45) is 4.04. The number of nitrogens with zero attached hydrogens (tertiary/aromatic N) is 2. The van der Waals surface area contributed by atoms with Gasteiger partial charge in [-0.25, -0.2) is 9.97 Å². The van der Waals surface area contributed by atoms with Gasteiger partial charge in [-0.2, -0.15) is 0 Å². The third-order valence-corrected chi connectivity index (χ3v) is 2.86. The predicted octanol–water partition coefficient (Wildman–Crippen LogP) is 0.958. The number of nitrogens with one attached hydrogen (secondary N) is 2. The molecule has 1 aromatic heterocycles. The number of ether oxygens (including phenoxy) is 1. The molecule has 0 spiro atoms. The first kappa shape index (κ1) is 11.1. The Morgan fingerprint density at radius 2 is 2.44 bits per heavy atom. The maximum Gasteiger partial charge on any atom is 0.182 e. The zero-order chi connectivity index (χ0) is 11.4. The Kier molecular flexibility index (Phi) is 3.56. The minimum absolute atomic E-state index is 0.542. The van der Waals surface area contributed by atoms with E-state index in [2.05, 4.69) is 20.6 Å². The van der Waals surface area contributed by atoms with E-state index in [-0.39, 0.29) is 0 Å². The third-order valence-electron chi connectivity index (χ3n) is 2.86. The second-order valence-corrected chi connectivity index (χ2v) is 4.02. The lowest BCUT2D eigenvalue weighted by Gasteiger charge is -2.14. The van der Waals surface area contributed by atoms with E-state index in [1.165, 1.54) is 12.8 Å². The van der Waals surface area contributed by atoms with Crippen LogP contribution in [-0.4, -0.2) is 36.2 Å². The molecule has 1 saturated heterocycles. The summed E-state index contributed by atoms with van der Waals surface area (Å²) in [6, 6.07) is 0.542. The molecule has 0 amide bonds. The van der Waals surface area contributed by atoms with Gasteiger partial charge in [0.15, 0.2) is 11.6 Å². The molecule has 2 N–H and O–H groups in total. The van der Waals surface area contributed by atoms with Gasteiger partial charge in [-0.15, -0.1) is 0 Å². The summed E-state index contributed by atoms with van der Waals surface area (Å²) in [7, 11) is 1.64. The maximum atomic E-state index is 5.28. The first-order valence-corrected chi connectivity index (χ1v) is 5.64. The van der Waals surface area contributed by atoms with Gasteiger partial charge in [-0.3, -0.25) is 0 Å². The van der Waals surface area contributed by atoms with Crippen molar-refractivity contribution in [3.63, 3.8) is 0 Å². The van der Waals surface area contributed by atoms with Crippen LogP contribution >= 0.6 is 0 Å². The van der Waals surface area contributed by atoms with Crippen LogP contribution in [0.25, 0.3) is 0 Å². The van der Waals surface area contributed by atoms with Gasteiger partial charge in [-0.1, -0.05) is 0 Å². The van der Waals surface area contributed by atoms with E-state index >= 15 is 0 Å². The molecule has 0 bridgehead atoms. The van der Waals surface area contributed by atoms with Gasteiger partial charge in [0.2, 0.25) is 0 Å². The Labute approximate surface area is 95.6 Å². The summed E-state index contributed by atoms with van der Waals surface area (Å²) in [6.45, 7) is 3.92. The molecule has 1 aromatic rings. The summed E-state index contributed by atoms with van der Waals surface area (Å²) in [5.74, 6) is 1.52. The van der Waals surface area contributed by atoms with E-state index in [1.54, 1.807) is 13.4 Å². The highest BCUT2D eigenvalue weighted by Crippen LogP contribution is 2.23. The Bertz CT molecular complexity index is 350. The molecule has 0 aliphatic carbocycles. The summed E-state index contributed by atoms with van der Waals surface area (Å²) < 4.78 is 5.28. The van der Waals surface area contributed by atoms with E-state index in [4.69, 9.17) is 4.74 Å². The fourth-order valence-corrected chi connectivity index (χ4v) is 1.98. The summed E-state index contributed by atoms with van der Waals surface area (Å²) in [5, 5.41) is 6.74. The van der Waals surface area contributed by atoms with Crippen LogP contribution in [0.4, 0.5) is 5.82 Å². The molecule has 0 radical (unpaired) electrons. The smallest absolute Gasteiger partial charge is 0.182 e. The predicted molar refractivity (Wildman–Crippen MR) is 62.8 cm³/mol. The van der Waals surface area contributed by atoms with Gasteiger partial charge < -0.3 is 15.4 Å². The van der Waals surface area contributed by atoms with Crippen molar-refractivity contribution in [1.82, 2.24) is 15.3 Å². The van der Waals surface area contributed by atoms with Crippen molar-refractivity contribution < 1.29 is 4.74 Å². The van der Waals surface area contributed by atoms with Gasteiger partial charge in [0, 0.05) is 12.6 Å². The Hall–Kier alpha value is -1.36. The van der Waals surface area contributed by atoms with E-state index < -0.39 is 0 Å². The highest BCUT2D eigenvalue weighted by atomic mass is 16.5. The molecule has 2 rings (SSSR count). The fourth-order valence-electron chi connectivity index (χ4n) is 1.98. The molecule has 5 heteroatoms. The van der Waals surface area contributed by atoms with Crippen LogP contribution in [0.15, 0.2) is 6.33 Å². The van der Waals surface area contributed by atoms with Crippen molar-refractivity contribution in [3.05, 3.63) is 12.0 Å². The molecular weight excluding hydrogens is 204 g/mol. The fraction of sp³-hybridized carbons (Fsp3) is 0.636. The monoisotopic (exact) mass is 222 g/mol. The molecule has 1 aliphatic heterocycles. The largest absolute Gasteiger partial charge is 0.491 e. The Morgan fingerprint density at radius 1 is 1.56 bits per heavy atom. The zero-order valence-corrected chi connectivity index (χ0v) is 9.79. The van der Waals surface area contributed by atoms with E-state index in [9.17, 15) is 0 Å². The molecule has 1 fully saturated rings. The molecule has 1 atom stereocenters. The second kappa shape index (κ2) is 5.12. The van der Waals surface area contributed by atoms with E-state index in [1.807, 2.05) is 6.92 Å². The molecule has 2 heterocycles. The lowest BCUT2D eigenvalue weighted by molar-refractivity contribution is 0.408. The number of rotatable bonds is 4. The summed E-state index contributed by atoms with van der Waals surface area (Å²) in [4.78, 5) is 8.29. The van der Waals surface area contributed by atoms with Crippen LogP contribution in [0.2, 0.25) is 0 Å². The standard InChI is InChI=1S/C11H18N4O/c1-8-10(16-2)11(15-7-14-8)13-6-9-4-3-5-12-9/h7,9,12H,3-6H2,1-2H3,(H,13,14,15). The molecular formula is C11H18N4O. The zero-order valence-electron chi connectivity index (χ0n) is 9.79. The molecule has 5 nitrogen and oxygen atoms in total. The van der Waals surface area contributed by atoms with Crippen molar-refractivity contribution in [1.29, 1.82) is 0 Å². The molecule has 1 aliphatic rings. The van der Waals surface area contributed by atoms with Crippen LogP contribution in [0, 0.1) is 6.92 Å². The molecule has 16 heavy (non-hydrogen) atoms. The number of hydrogen-bond acceptors (Lipinski definition) is 5. The Balaban J connectivity index is 2.00. The lowest BCUT2D eigenvalue weighted by atomic mass is 10.2. The second-order valence-electron chi connectivity index (χ2n) is 4.02. The number of methoxy groups -OCH3 is 1. The average Bonchev–Trinajstić information content (AvgIpc) is 2.79. The molecule has 0 saturated carbocycles. The maximum absolute atomic E-state index is 5.28. The van der Waals surface area contributed by atoms with Crippen molar-refractivity contribution in [2.45, 2.75) is 25.8 Å². The van der Waals surface area contributed by atoms with Crippen LogP contribution in [-0.2, 0) is 0 Å². The SMILES string of the molecule is COc1c(C)ncnc1NCC1CCCN1. The van der Waals surface area contributed by atoms with Gasteiger partial charge in [0.1, 0.15) is 6.33 Å². The average molecular weight is 222 g/mol. The quantitative estimate of drug-likeness (QED) is 0.794. The van der Waals surface area contributed by atoms with Crippen LogP contribution in [0.5, 0.6) is 5.75 Å². The van der Waals surface area contributed by atoms with Gasteiger partial charge in [-0.05, 0) is 26.3 Å². The van der Waals surface area contributed by atoms with Gasteiger partial charge >= 0.3 is 0 Å². The third kappa shape index (κ3) is 2.41. The lowest BCUT2D eigenvalue weighted by Crippen LogP contribution is -2.29. The highest BCUT2D eigenvalue weighted by molar-refractivity contribution is 5.51. The summed E-state index contributed by atoms with van der Waals surface area (Å²) >= 11 is 0. The highest BCUT2D eigenvalue weighted by Gasteiger charge is 2.15. The number of aromatic nitrogens is 2. The van der Waals surface area contributed by atoms with Crippen LogP contribution in [0.3, 0.4) is 0 Å². The van der Waals surface area contributed by atoms with E-state index in [0.717, 1.165) is 30.4 Å². The number of hydrogen-bond donors (Lipinski definition) is 2. The number of anilines is 1. The van der Waals surface area contributed by atoms with Crippen molar-refractivity contribution in [2.75, 3.05) is 25.5 Å². The molecule has 0 aromatic carbocycles. The van der Waals surface area contributed by atoms with Crippen LogP contribution in [0.1, 0.15) is 18.5 Å². The Morgan fingerprint density at radius 3 is 3.12 bits per heavy atom. The first-order chi connectivity index (χ1) is 7.81. The first-order valence-electron chi connectivity index (χ1n) is 5.64. The minimum atomic E-state index is 0.542. The molecule has 88 valence electrons. The normalized spacial score (nSPS) is 19.8. The number of aryl methyl sites for hydroxylation is 1. The van der Waals surface area contributed by atoms with E-state index in [0.29, 0.717) is 6.04 Å². The minimum Gasteiger partial charge on any atom is -0.491 e. The van der Waals surface area contributed by atoms with Gasteiger partial charge in [0.25, 0.3) is 0 Å². The van der Waals surface area contributed by atoms with Gasteiger partial charge in [0.05, 0.1) is 12.8 Å². The van der Waals surface area contributed by atoms with Crippen molar-refractivity contribution >= 4 is 5.82 Å². The van der Waals surface area contributed by atoms with Crippen molar-refractivity contribution in [3.8, 4) is 5.75 Å². The van der Waals surface area contributed by atoms with Crippen LogP contribution < -0.4 is 15.4 Å². The molecule has 1 unspecified atom stereocenters. The summed E-state index contributed by atoms with van der Waals surface area (Å²) in [5.41, 5.74) is 0.861. The van der Waals surface area contributed by atoms with Crippen molar-refractivity contribution in [2.24, 2.45) is 0 Å².